The van der Waals surface area contributed by atoms with E-state index in [1.54, 1.807) is 12.1 Å². The first-order valence-electron chi connectivity index (χ1n) is 6.63. The number of benzene rings is 1. The molecule has 0 radical (unpaired) electrons. The van der Waals surface area contributed by atoms with E-state index in [0.29, 0.717) is 12.3 Å². The highest BCUT2D eigenvalue weighted by atomic mass is 19.1. The van der Waals surface area contributed by atoms with Crippen LogP contribution in [-0.2, 0) is 6.54 Å². The Labute approximate surface area is 117 Å². The van der Waals surface area contributed by atoms with Crippen LogP contribution in [0, 0.1) is 23.6 Å². The van der Waals surface area contributed by atoms with E-state index in [2.05, 4.69) is 18.8 Å². The molecule has 1 aliphatic rings. The molecular formula is C17H14FNO. The molecule has 0 spiro atoms. The van der Waals surface area contributed by atoms with E-state index in [1.165, 1.54) is 12.1 Å². The highest BCUT2D eigenvalue weighted by Crippen LogP contribution is 2.21. The fourth-order valence-electron chi connectivity index (χ4n) is 2.46. The topological polar surface area (TPSA) is 22.0 Å². The molecule has 0 amide bonds. The van der Waals surface area contributed by atoms with Gasteiger partial charge in [0.05, 0.1) is 5.69 Å². The van der Waals surface area contributed by atoms with Crippen LogP contribution in [0.2, 0.25) is 0 Å². The molecule has 1 unspecified atom stereocenters. The van der Waals surface area contributed by atoms with Crippen LogP contribution < -0.4 is 0 Å². The fourth-order valence-corrected chi connectivity index (χ4v) is 2.46. The second-order valence-corrected chi connectivity index (χ2v) is 5.26. The van der Waals surface area contributed by atoms with Crippen LogP contribution in [0.1, 0.15) is 35.0 Å². The third-order valence-electron chi connectivity index (χ3n) is 3.42. The number of fused-ring (bicyclic) bond motifs is 1. The second kappa shape index (κ2) is 4.97. The van der Waals surface area contributed by atoms with E-state index in [-0.39, 0.29) is 11.6 Å². The molecule has 0 saturated heterocycles. The monoisotopic (exact) mass is 267 g/mol. The maximum atomic E-state index is 12.8. The van der Waals surface area contributed by atoms with Crippen molar-refractivity contribution in [3.63, 3.8) is 0 Å². The summed E-state index contributed by atoms with van der Waals surface area (Å²) in [5.74, 6) is 6.30. The molecule has 1 aliphatic heterocycles. The number of carbonyl (C=O) groups excluding carboxylic acids is 1. The Morgan fingerprint density at radius 1 is 1.20 bits per heavy atom. The Hall–Kier alpha value is -2.34. The molecule has 2 aromatic rings. The number of nitrogens with zero attached hydrogens (tertiary/aromatic N) is 1. The van der Waals surface area contributed by atoms with Crippen molar-refractivity contribution >= 4 is 5.78 Å². The highest BCUT2D eigenvalue weighted by Gasteiger charge is 2.22. The number of ketones is 1. The van der Waals surface area contributed by atoms with Crippen LogP contribution in [-0.4, -0.2) is 10.4 Å². The van der Waals surface area contributed by atoms with E-state index in [1.807, 2.05) is 16.8 Å². The number of carbonyl (C=O) groups is 1. The van der Waals surface area contributed by atoms with Gasteiger partial charge in [-0.15, -0.1) is 0 Å². The number of halogens is 1. The van der Waals surface area contributed by atoms with Crippen molar-refractivity contribution in [1.29, 1.82) is 0 Å². The van der Waals surface area contributed by atoms with Gasteiger partial charge in [-0.05, 0) is 36.2 Å². The summed E-state index contributed by atoms with van der Waals surface area (Å²) >= 11 is 0. The SMILES string of the molecule is CC1CC(=O)c2cc(C#Cc3ccc(F)cc3)cn2C1. The van der Waals surface area contributed by atoms with Gasteiger partial charge in [-0.2, -0.15) is 0 Å². The Kier molecular flexibility index (Phi) is 3.15. The predicted octanol–water partition coefficient (Wildman–Crippen LogP) is 3.25. The van der Waals surface area contributed by atoms with Gasteiger partial charge in [0.15, 0.2) is 5.78 Å². The quantitative estimate of drug-likeness (QED) is 0.672. The van der Waals surface area contributed by atoms with Gasteiger partial charge in [0.25, 0.3) is 0 Å². The average Bonchev–Trinajstić information content (AvgIpc) is 2.81. The van der Waals surface area contributed by atoms with E-state index in [9.17, 15) is 9.18 Å². The maximum Gasteiger partial charge on any atom is 0.179 e. The summed E-state index contributed by atoms with van der Waals surface area (Å²) in [6.45, 7) is 2.93. The van der Waals surface area contributed by atoms with Crippen LogP contribution in [0.3, 0.4) is 0 Å². The molecule has 2 heterocycles. The first-order valence-corrected chi connectivity index (χ1v) is 6.63. The molecular weight excluding hydrogens is 253 g/mol. The normalized spacial score (nSPS) is 17.3. The zero-order valence-corrected chi connectivity index (χ0v) is 11.2. The Morgan fingerprint density at radius 3 is 2.65 bits per heavy atom. The molecule has 0 saturated carbocycles. The summed E-state index contributed by atoms with van der Waals surface area (Å²) in [6.07, 6.45) is 2.52. The van der Waals surface area contributed by atoms with Crippen molar-refractivity contribution < 1.29 is 9.18 Å². The smallest absolute Gasteiger partial charge is 0.179 e. The second-order valence-electron chi connectivity index (χ2n) is 5.26. The predicted molar refractivity (Wildman–Crippen MR) is 74.9 cm³/mol. The van der Waals surface area contributed by atoms with Crippen LogP contribution in [0.5, 0.6) is 0 Å². The zero-order chi connectivity index (χ0) is 14.1. The molecule has 3 rings (SSSR count). The number of Topliss-reactive ketones (excluding diaryl/α,β-unsaturated/α-hetero) is 1. The number of hydrogen-bond acceptors (Lipinski definition) is 1. The lowest BCUT2D eigenvalue weighted by atomic mass is 9.99. The minimum atomic E-state index is -0.269. The third-order valence-corrected chi connectivity index (χ3v) is 3.42. The van der Waals surface area contributed by atoms with Crippen molar-refractivity contribution in [3.05, 3.63) is 59.2 Å². The van der Waals surface area contributed by atoms with Gasteiger partial charge < -0.3 is 4.57 Å². The van der Waals surface area contributed by atoms with E-state index >= 15 is 0 Å². The minimum Gasteiger partial charge on any atom is -0.344 e. The first kappa shape index (κ1) is 12.7. The van der Waals surface area contributed by atoms with Gasteiger partial charge in [-0.25, -0.2) is 4.39 Å². The summed E-state index contributed by atoms with van der Waals surface area (Å²) in [5.41, 5.74) is 2.33. The molecule has 0 fully saturated rings. The summed E-state index contributed by atoms with van der Waals surface area (Å²) < 4.78 is 14.8. The Bertz CT molecular complexity index is 716. The molecule has 1 aromatic carbocycles. The lowest BCUT2D eigenvalue weighted by molar-refractivity contribution is 0.0929. The van der Waals surface area contributed by atoms with Crippen LogP contribution in [0.15, 0.2) is 36.5 Å². The largest absolute Gasteiger partial charge is 0.344 e. The Balaban J connectivity index is 1.88. The maximum absolute atomic E-state index is 12.8. The lowest BCUT2D eigenvalue weighted by Crippen LogP contribution is -2.22. The van der Waals surface area contributed by atoms with Gasteiger partial charge in [0.1, 0.15) is 5.82 Å². The Morgan fingerprint density at radius 2 is 1.90 bits per heavy atom. The highest BCUT2D eigenvalue weighted by molar-refractivity contribution is 5.95. The summed E-state index contributed by atoms with van der Waals surface area (Å²) in [7, 11) is 0. The molecule has 0 bridgehead atoms. The summed E-state index contributed by atoms with van der Waals surface area (Å²) in [6, 6.07) is 7.90. The van der Waals surface area contributed by atoms with Gasteiger partial charge in [-0.3, -0.25) is 4.79 Å². The van der Waals surface area contributed by atoms with E-state index in [0.717, 1.165) is 23.4 Å². The lowest BCUT2D eigenvalue weighted by Gasteiger charge is -2.19. The molecule has 100 valence electrons. The first-order chi connectivity index (χ1) is 9.61. The summed E-state index contributed by atoms with van der Waals surface area (Å²) in [4.78, 5) is 11.9. The molecule has 0 aliphatic carbocycles. The average molecular weight is 267 g/mol. The van der Waals surface area contributed by atoms with Crippen molar-refractivity contribution in [2.75, 3.05) is 0 Å². The van der Waals surface area contributed by atoms with Crippen molar-refractivity contribution in [2.24, 2.45) is 5.92 Å². The van der Waals surface area contributed by atoms with E-state index in [4.69, 9.17) is 0 Å². The van der Waals surface area contributed by atoms with Crippen LogP contribution in [0.4, 0.5) is 4.39 Å². The molecule has 1 aromatic heterocycles. The molecule has 1 atom stereocenters. The van der Waals surface area contributed by atoms with Crippen molar-refractivity contribution in [2.45, 2.75) is 19.9 Å². The number of hydrogen-bond donors (Lipinski definition) is 0. The van der Waals surface area contributed by atoms with Crippen LogP contribution in [0.25, 0.3) is 0 Å². The molecule has 20 heavy (non-hydrogen) atoms. The van der Waals surface area contributed by atoms with Crippen molar-refractivity contribution in [1.82, 2.24) is 4.57 Å². The standard InChI is InChI=1S/C17H14FNO/c1-12-8-17(20)16-9-14(11-19(16)10-12)3-2-13-4-6-15(18)7-5-13/h4-7,9,11-12H,8,10H2,1H3. The van der Waals surface area contributed by atoms with Gasteiger partial charge in [0, 0.05) is 30.3 Å². The van der Waals surface area contributed by atoms with Crippen molar-refractivity contribution in [3.8, 4) is 11.8 Å². The van der Waals surface area contributed by atoms with Gasteiger partial charge >= 0.3 is 0 Å². The van der Waals surface area contributed by atoms with Gasteiger partial charge in [-0.1, -0.05) is 18.8 Å². The summed E-state index contributed by atoms with van der Waals surface area (Å²) in [5, 5.41) is 0. The number of rotatable bonds is 0. The molecule has 0 N–H and O–H groups in total. The zero-order valence-electron chi connectivity index (χ0n) is 11.2. The van der Waals surface area contributed by atoms with Crippen LogP contribution >= 0.6 is 0 Å². The fraction of sp³-hybridized carbons (Fsp3) is 0.235. The minimum absolute atomic E-state index is 0.179. The third kappa shape index (κ3) is 2.50. The molecule has 3 heteroatoms. The van der Waals surface area contributed by atoms with E-state index < -0.39 is 0 Å². The van der Waals surface area contributed by atoms with Gasteiger partial charge in [0.2, 0.25) is 0 Å². The number of aromatic nitrogens is 1. The molecule has 2 nitrogen and oxygen atoms in total.